The SMILES string of the molecule is CCCc1[nH]c(C(C)N)nc1CC. The van der Waals surface area contributed by atoms with Crippen molar-refractivity contribution in [1.29, 1.82) is 0 Å². The molecule has 3 nitrogen and oxygen atoms in total. The van der Waals surface area contributed by atoms with E-state index in [1.807, 2.05) is 6.92 Å². The molecule has 0 saturated carbocycles. The van der Waals surface area contributed by atoms with E-state index in [0.717, 1.165) is 25.1 Å². The molecular formula is C10H19N3. The second kappa shape index (κ2) is 4.42. The molecule has 0 aliphatic heterocycles. The van der Waals surface area contributed by atoms with E-state index < -0.39 is 0 Å². The first-order valence-corrected chi connectivity index (χ1v) is 5.02. The molecule has 1 unspecified atom stereocenters. The molecule has 1 heterocycles. The molecule has 0 aliphatic rings. The lowest BCUT2D eigenvalue weighted by atomic mass is 10.2. The first-order valence-electron chi connectivity index (χ1n) is 5.02. The Morgan fingerprint density at radius 2 is 2.15 bits per heavy atom. The van der Waals surface area contributed by atoms with Crippen LogP contribution < -0.4 is 5.73 Å². The molecule has 0 saturated heterocycles. The Bertz CT molecular complexity index is 263. The van der Waals surface area contributed by atoms with Gasteiger partial charge in [0.05, 0.1) is 11.7 Å². The van der Waals surface area contributed by atoms with Crippen LogP contribution in [0.15, 0.2) is 0 Å². The van der Waals surface area contributed by atoms with E-state index in [9.17, 15) is 0 Å². The maximum absolute atomic E-state index is 5.75. The van der Waals surface area contributed by atoms with Crippen molar-refractivity contribution in [3.8, 4) is 0 Å². The first kappa shape index (κ1) is 10.3. The van der Waals surface area contributed by atoms with Gasteiger partial charge in [0.25, 0.3) is 0 Å². The molecule has 0 radical (unpaired) electrons. The topological polar surface area (TPSA) is 54.7 Å². The summed E-state index contributed by atoms with van der Waals surface area (Å²) in [5.41, 5.74) is 8.19. The summed E-state index contributed by atoms with van der Waals surface area (Å²) in [5.74, 6) is 0.917. The molecule has 1 atom stereocenters. The zero-order valence-electron chi connectivity index (χ0n) is 8.72. The predicted octanol–water partition coefficient (Wildman–Crippen LogP) is 1.94. The number of nitrogens with one attached hydrogen (secondary N) is 1. The zero-order valence-corrected chi connectivity index (χ0v) is 8.72. The lowest BCUT2D eigenvalue weighted by Crippen LogP contribution is -2.06. The van der Waals surface area contributed by atoms with Gasteiger partial charge in [-0.3, -0.25) is 0 Å². The molecule has 1 rings (SSSR count). The van der Waals surface area contributed by atoms with Gasteiger partial charge in [-0.15, -0.1) is 0 Å². The van der Waals surface area contributed by atoms with Gasteiger partial charge < -0.3 is 10.7 Å². The predicted molar refractivity (Wildman–Crippen MR) is 54.6 cm³/mol. The molecule has 0 aliphatic carbocycles. The third-order valence-corrected chi connectivity index (χ3v) is 2.15. The van der Waals surface area contributed by atoms with Crippen molar-refractivity contribution in [3.05, 3.63) is 17.2 Å². The van der Waals surface area contributed by atoms with Crippen LogP contribution in [0.4, 0.5) is 0 Å². The molecule has 1 aromatic rings. The minimum atomic E-state index is 0.0101. The molecule has 74 valence electrons. The fraction of sp³-hybridized carbons (Fsp3) is 0.700. The lowest BCUT2D eigenvalue weighted by molar-refractivity contribution is 0.747. The van der Waals surface area contributed by atoms with Gasteiger partial charge in [0.15, 0.2) is 0 Å². The van der Waals surface area contributed by atoms with Crippen molar-refractivity contribution in [2.24, 2.45) is 5.73 Å². The lowest BCUT2D eigenvalue weighted by Gasteiger charge is -1.98. The Hall–Kier alpha value is -0.830. The van der Waals surface area contributed by atoms with Crippen LogP contribution in [0.1, 0.15) is 50.4 Å². The van der Waals surface area contributed by atoms with E-state index in [-0.39, 0.29) is 6.04 Å². The minimum Gasteiger partial charge on any atom is -0.344 e. The molecule has 13 heavy (non-hydrogen) atoms. The molecule has 1 aromatic heterocycles. The van der Waals surface area contributed by atoms with Crippen LogP contribution in [-0.4, -0.2) is 9.97 Å². The summed E-state index contributed by atoms with van der Waals surface area (Å²) in [6, 6.07) is 0.0101. The number of H-pyrrole nitrogens is 1. The molecule has 0 aromatic carbocycles. The number of hydrogen-bond donors (Lipinski definition) is 2. The summed E-state index contributed by atoms with van der Waals surface area (Å²) < 4.78 is 0. The van der Waals surface area contributed by atoms with Crippen LogP contribution >= 0.6 is 0 Å². The van der Waals surface area contributed by atoms with Crippen molar-refractivity contribution >= 4 is 0 Å². The third kappa shape index (κ3) is 2.31. The highest BCUT2D eigenvalue weighted by Gasteiger charge is 2.09. The van der Waals surface area contributed by atoms with E-state index in [1.54, 1.807) is 0 Å². The second-order valence-corrected chi connectivity index (χ2v) is 3.44. The van der Waals surface area contributed by atoms with Crippen LogP contribution in [0.2, 0.25) is 0 Å². The summed E-state index contributed by atoms with van der Waals surface area (Å²) in [4.78, 5) is 7.76. The molecule has 3 heteroatoms. The Labute approximate surface area is 79.8 Å². The van der Waals surface area contributed by atoms with Crippen molar-refractivity contribution in [1.82, 2.24) is 9.97 Å². The summed E-state index contributed by atoms with van der Waals surface area (Å²) >= 11 is 0. The van der Waals surface area contributed by atoms with Crippen molar-refractivity contribution in [3.63, 3.8) is 0 Å². The number of nitrogens with zero attached hydrogens (tertiary/aromatic N) is 1. The number of aromatic nitrogens is 2. The van der Waals surface area contributed by atoms with Gasteiger partial charge in [-0.05, 0) is 19.8 Å². The monoisotopic (exact) mass is 181 g/mol. The maximum atomic E-state index is 5.75. The van der Waals surface area contributed by atoms with Gasteiger partial charge in [0.1, 0.15) is 5.82 Å². The minimum absolute atomic E-state index is 0.0101. The fourth-order valence-electron chi connectivity index (χ4n) is 1.43. The highest BCUT2D eigenvalue weighted by atomic mass is 15.0. The van der Waals surface area contributed by atoms with Crippen molar-refractivity contribution < 1.29 is 0 Å². The Morgan fingerprint density at radius 1 is 1.46 bits per heavy atom. The molecule has 0 spiro atoms. The van der Waals surface area contributed by atoms with Crippen LogP contribution in [0, 0.1) is 0 Å². The van der Waals surface area contributed by atoms with Gasteiger partial charge in [-0.25, -0.2) is 4.98 Å². The van der Waals surface area contributed by atoms with Crippen LogP contribution in [0.5, 0.6) is 0 Å². The highest BCUT2D eigenvalue weighted by Crippen LogP contribution is 2.13. The molecular weight excluding hydrogens is 162 g/mol. The average Bonchev–Trinajstić information content (AvgIpc) is 2.48. The number of aryl methyl sites for hydroxylation is 2. The molecule has 0 bridgehead atoms. The number of hydrogen-bond acceptors (Lipinski definition) is 2. The van der Waals surface area contributed by atoms with Gasteiger partial charge in [0, 0.05) is 5.69 Å². The largest absolute Gasteiger partial charge is 0.344 e. The quantitative estimate of drug-likeness (QED) is 0.746. The Kier molecular flexibility index (Phi) is 3.48. The number of nitrogens with two attached hydrogens (primary N) is 1. The Morgan fingerprint density at radius 3 is 2.62 bits per heavy atom. The van der Waals surface area contributed by atoms with Crippen molar-refractivity contribution in [2.75, 3.05) is 0 Å². The maximum Gasteiger partial charge on any atom is 0.123 e. The van der Waals surface area contributed by atoms with E-state index in [0.29, 0.717) is 0 Å². The number of rotatable bonds is 4. The summed E-state index contributed by atoms with van der Waals surface area (Å²) in [5, 5.41) is 0. The summed E-state index contributed by atoms with van der Waals surface area (Å²) in [6.45, 7) is 6.25. The summed E-state index contributed by atoms with van der Waals surface area (Å²) in [6.07, 6.45) is 3.20. The Balaban J connectivity index is 2.90. The molecule has 0 amide bonds. The van der Waals surface area contributed by atoms with Gasteiger partial charge in [0.2, 0.25) is 0 Å². The van der Waals surface area contributed by atoms with E-state index in [1.165, 1.54) is 11.4 Å². The normalized spacial score (nSPS) is 13.2. The van der Waals surface area contributed by atoms with Gasteiger partial charge in [-0.2, -0.15) is 0 Å². The summed E-state index contributed by atoms with van der Waals surface area (Å²) in [7, 11) is 0. The van der Waals surface area contributed by atoms with Crippen LogP contribution in [-0.2, 0) is 12.8 Å². The smallest absolute Gasteiger partial charge is 0.123 e. The van der Waals surface area contributed by atoms with Gasteiger partial charge >= 0.3 is 0 Å². The average molecular weight is 181 g/mol. The second-order valence-electron chi connectivity index (χ2n) is 3.44. The first-order chi connectivity index (χ1) is 6.19. The zero-order chi connectivity index (χ0) is 9.84. The number of aromatic amines is 1. The van der Waals surface area contributed by atoms with Gasteiger partial charge in [-0.1, -0.05) is 20.3 Å². The van der Waals surface area contributed by atoms with E-state index in [4.69, 9.17) is 5.73 Å². The third-order valence-electron chi connectivity index (χ3n) is 2.15. The molecule has 0 fully saturated rings. The molecule has 3 N–H and O–H groups in total. The fourth-order valence-corrected chi connectivity index (χ4v) is 1.43. The van der Waals surface area contributed by atoms with Crippen molar-refractivity contribution in [2.45, 2.75) is 46.1 Å². The van der Waals surface area contributed by atoms with E-state index >= 15 is 0 Å². The standard InChI is InChI=1S/C10H19N3/c1-4-6-9-8(5-2)12-10(13-9)7(3)11/h7H,4-6,11H2,1-3H3,(H,12,13). The highest BCUT2D eigenvalue weighted by molar-refractivity contribution is 5.16. The van der Waals surface area contributed by atoms with Crippen LogP contribution in [0.3, 0.4) is 0 Å². The van der Waals surface area contributed by atoms with Crippen LogP contribution in [0.25, 0.3) is 0 Å². The van der Waals surface area contributed by atoms with E-state index in [2.05, 4.69) is 23.8 Å². The number of imidazole rings is 1.